The molecule has 2 aromatic rings. The number of H-pyrrole nitrogens is 1. The number of nitrogens with zero attached hydrogens (tertiary/aromatic N) is 1. The summed E-state index contributed by atoms with van der Waals surface area (Å²) in [4.78, 5) is 37.6. The summed E-state index contributed by atoms with van der Waals surface area (Å²) in [6.07, 6.45) is -6.12. The fourth-order valence-electron chi connectivity index (χ4n) is 3.06. The molecule has 0 bridgehead atoms. The molecule has 0 saturated carbocycles. The van der Waals surface area contributed by atoms with Gasteiger partial charge in [-0.05, 0) is 25.1 Å². The fraction of sp³-hybridized carbons (Fsp3) is 0.389. The minimum absolute atomic E-state index is 0.0332. The molecule has 4 N–H and O–H groups in total. The molecule has 1 aromatic carbocycles. The normalized spacial score (nSPS) is 21.2. The molecule has 1 fully saturated rings. The van der Waals surface area contributed by atoms with E-state index in [0.29, 0.717) is 6.07 Å². The molecule has 0 aliphatic carbocycles. The largest absolute Gasteiger partial charge is 0.417 e. The number of aliphatic hydroxyl groups is 1. The van der Waals surface area contributed by atoms with Gasteiger partial charge in [-0.15, -0.1) is 0 Å². The number of hydrogen-bond donors (Lipinski definition) is 4. The van der Waals surface area contributed by atoms with E-state index in [1.807, 2.05) is 0 Å². The lowest BCUT2D eigenvalue weighted by atomic mass is 10.2. The quantitative estimate of drug-likeness (QED) is 0.553. The highest BCUT2D eigenvalue weighted by molar-refractivity contribution is 6.31. The van der Waals surface area contributed by atoms with Crippen molar-refractivity contribution in [3.63, 3.8) is 0 Å². The number of hydrogen-bond acceptors (Lipinski definition) is 5. The number of rotatable bonds is 4. The lowest BCUT2D eigenvalue weighted by molar-refractivity contribution is -0.137. The first-order valence-electron chi connectivity index (χ1n) is 9.03. The number of aromatic nitrogens is 2. The zero-order valence-electron chi connectivity index (χ0n) is 16.0. The lowest BCUT2D eigenvalue weighted by Crippen LogP contribution is -2.39. The van der Waals surface area contributed by atoms with Crippen molar-refractivity contribution in [1.29, 1.82) is 0 Å². The number of amides is 2. The Labute approximate surface area is 177 Å². The van der Waals surface area contributed by atoms with Crippen LogP contribution in [0.5, 0.6) is 0 Å². The molecule has 0 radical (unpaired) electrons. The van der Waals surface area contributed by atoms with E-state index in [1.165, 1.54) is 19.2 Å². The van der Waals surface area contributed by atoms with Crippen molar-refractivity contribution in [3.05, 3.63) is 61.4 Å². The number of alkyl halides is 3. The molecule has 31 heavy (non-hydrogen) atoms. The van der Waals surface area contributed by atoms with E-state index in [9.17, 15) is 32.7 Å². The fourth-order valence-corrected chi connectivity index (χ4v) is 3.28. The highest BCUT2D eigenvalue weighted by Gasteiger charge is 2.36. The first-order valence-corrected chi connectivity index (χ1v) is 9.40. The summed E-state index contributed by atoms with van der Waals surface area (Å²) in [6, 6.07) is 2.09. The van der Waals surface area contributed by atoms with Crippen molar-refractivity contribution >= 4 is 23.3 Å². The van der Waals surface area contributed by atoms with Crippen molar-refractivity contribution in [3.8, 4) is 0 Å². The minimum Gasteiger partial charge on any atom is -0.390 e. The van der Waals surface area contributed by atoms with Gasteiger partial charge in [0.25, 0.3) is 5.56 Å². The van der Waals surface area contributed by atoms with E-state index in [1.54, 1.807) is 0 Å². The van der Waals surface area contributed by atoms with Crippen LogP contribution < -0.4 is 21.9 Å². The highest BCUT2D eigenvalue weighted by Crippen LogP contribution is 2.36. The van der Waals surface area contributed by atoms with Crippen molar-refractivity contribution < 1.29 is 27.8 Å². The Morgan fingerprint density at radius 1 is 1.39 bits per heavy atom. The average molecular weight is 463 g/mol. The van der Waals surface area contributed by atoms with Gasteiger partial charge >= 0.3 is 17.9 Å². The van der Waals surface area contributed by atoms with Gasteiger partial charge in [-0.3, -0.25) is 14.3 Å². The second kappa shape index (κ2) is 8.73. The second-order valence-electron chi connectivity index (χ2n) is 6.94. The maximum atomic E-state index is 12.9. The van der Waals surface area contributed by atoms with Crippen LogP contribution in [-0.2, 0) is 10.9 Å². The Hall–Kier alpha value is -2.83. The number of aromatic amines is 1. The molecule has 1 aliphatic rings. The molecule has 0 unspecified atom stereocenters. The standard InChI is InChI=1S/C18H18ClF3N4O5/c1-8-7-26(17(30)25-15(8)28)14-5-12(27)13(31-14)6-23-16(29)24-9-2-3-11(19)10(4-9)18(20,21)22/h2-4,7,12-14,27H,5-6H2,1H3,(H2,23,24,29)(H,25,28,30)/t12-,13+,14-/m0/s1. The molecule has 1 saturated heterocycles. The van der Waals surface area contributed by atoms with Crippen molar-refractivity contribution in [1.82, 2.24) is 14.9 Å². The Bertz CT molecular complexity index is 1100. The van der Waals surface area contributed by atoms with Crippen LogP contribution in [0.4, 0.5) is 23.7 Å². The summed E-state index contributed by atoms with van der Waals surface area (Å²) in [7, 11) is 0. The number of urea groups is 1. The zero-order chi connectivity index (χ0) is 22.9. The third kappa shape index (κ3) is 5.27. The van der Waals surface area contributed by atoms with E-state index >= 15 is 0 Å². The number of carbonyl (C=O) groups excluding carboxylic acids is 1. The van der Waals surface area contributed by atoms with E-state index in [0.717, 1.165) is 10.6 Å². The number of ether oxygens (including phenoxy) is 1. The topological polar surface area (TPSA) is 125 Å². The number of anilines is 1. The number of aryl methyl sites for hydroxylation is 1. The van der Waals surface area contributed by atoms with Crippen molar-refractivity contribution in [2.24, 2.45) is 0 Å². The monoisotopic (exact) mass is 462 g/mol. The third-order valence-corrected chi connectivity index (χ3v) is 4.98. The predicted molar refractivity (Wildman–Crippen MR) is 104 cm³/mol. The van der Waals surface area contributed by atoms with Gasteiger partial charge in [0.05, 0.1) is 16.7 Å². The van der Waals surface area contributed by atoms with Gasteiger partial charge in [-0.1, -0.05) is 11.6 Å². The van der Waals surface area contributed by atoms with E-state index in [4.69, 9.17) is 16.3 Å². The number of benzene rings is 1. The molecule has 2 amide bonds. The molecule has 13 heteroatoms. The summed E-state index contributed by atoms with van der Waals surface area (Å²) < 4.78 is 45.5. The van der Waals surface area contributed by atoms with E-state index in [-0.39, 0.29) is 24.2 Å². The van der Waals surface area contributed by atoms with E-state index < -0.39 is 52.5 Å². The number of carbonyl (C=O) groups is 1. The van der Waals surface area contributed by atoms with Gasteiger partial charge in [0.2, 0.25) is 0 Å². The van der Waals surface area contributed by atoms with Crippen LogP contribution in [0.15, 0.2) is 34.0 Å². The van der Waals surface area contributed by atoms with Crippen LogP contribution in [0.3, 0.4) is 0 Å². The SMILES string of the molecule is Cc1cn([C@@H]2C[C@H](O)[C@@H](CNC(=O)Nc3ccc(Cl)c(C(F)(F)F)c3)O2)c(=O)[nH]c1=O. The molecule has 1 aliphatic heterocycles. The minimum atomic E-state index is -4.68. The van der Waals surface area contributed by atoms with Crippen molar-refractivity contribution in [2.75, 3.05) is 11.9 Å². The first kappa shape index (κ1) is 22.8. The maximum absolute atomic E-state index is 12.9. The molecule has 168 valence electrons. The highest BCUT2D eigenvalue weighted by atomic mass is 35.5. The van der Waals surface area contributed by atoms with Gasteiger partial charge < -0.3 is 20.5 Å². The molecule has 0 spiro atoms. The number of nitrogens with one attached hydrogen (secondary N) is 3. The van der Waals surface area contributed by atoms with Crippen LogP contribution in [-0.4, -0.2) is 39.4 Å². The molecule has 3 atom stereocenters. The average Bonchev–Trinajstić information content (AvgIpc) is 3.04. The Morgan fingerprint density at radius 3 is 2.77 bits per heavy atom. The summed E-state index contributed by atoms with van der Waals surface area (Å²) >= 11 is 5.54. The summed E-state index contributed by atoms with van der Waals surface area (Å²) in [5, 5.41) is 14.3. The summed E-state index contributed by atoms with van der Waals surface area (Å²) in [6.45, 7) is 1.32. The molecule has 3 rings (SSSR count). The van der Waals surface area contributed by atoms with Crippen LogP contribution >= 0.6 is 11.6 Å². The molecular weight excluding hydrogens is 445 g/mol. The summed E-state index contributed by atoms with van der Waals surface area (Å²) in [5.41, 5.74) is -2.19. The second-order valence-corrected chi connectivity index (χ2v) is 7.35. The van der Waals surface area contributed by atoms with Gasteiger partial charge in [0.15, 0.2) is 0 Å². The van der Waals surface area contributed by atoms with Gasteiger partial charge in [-0.2, -0.15) is 13.2 Å². The molecular formula is C18H18ClF3N4O5. The van der Waals surface area contributed by atoms with Gasteiger partial charge in [0, 0.05) is 30.4 Å². The Kier molecular flexibility index (Phi) is 6.43. The van der Waals surface area contributed by atoms with Crippen LogP contribution in [0.1, 0.15) is 23.8 Å². The predicted octanol–water partition coefficient (Wildman–Crippen LogP) is 1.99. The number of halogens is 4. The van der Waals surface area contributed by atoms with Gasteiger partial charge in [-0.25, -0.2) is 9.59 Å². The van der Waals surface area contributed by atoms with E-state index in [2.05, 4.69) is 15.6 Å². The third-order valence-electron chi connectivity index (χ3n) is 4.65. The van der Waals surface area contributed by atoms with Crippen molar-refractivity contribution in [2.45, 2.75) is 38.0 Å². The molecule has 2 heterocycles. The smallest absolute Gasteiger partial charge is 0.390 e. The first-order chi connectivity index (χ1) is 14.5. The maximum Gasteiger partial charge on any atom is 0.417 e. The lowest BCUT2D eigenvalue weighted by Gasteiger charge is -2.17. The number of aliphatic hydroxyl groups excluding tert-OH is 1. The van der Waals surface area contributed by atoms with Crippen LogP contribution in [0, 0.1) is 6.92 Å². The summed E-state index contributed by atoms with van der Waals surface area (Å²) in [5.74, 6) is 0. The Morgan fingerprint density at radius 2 is 2.10 bits per heavy atom. The van der Waals surface area contributed by atoms with Gasteiger partial charge in [0.1, 0.15) is 12.3 Å². The van der Waals surface area contributed by atoms with Crippen LogP contribution in [0.25, 0.3) is 0 Å². The van der Waals surface area contributed by atoms with Crippen LogP contribution in [0.2, 0.25) is 5.02 Å². The zero-order valence-corrected chi connectivity index (χ0v) is 16.8. The Balaban J connectivity index is 1.61. The molecule has 1 aromatic heterocycles. The molecule has 9 nitrogen and oxygen atoms in total.